The number of likely N-dealkylation sites (N-methyl/N-ethyl adjacent to an activating group) is 1. The van der Waals surface area contributed by atoms with Gasteiger partial charge in [-0.1, -0.05) is 29.8 Å². The van der Waals surface area contributed by atoms with E-state index in [4.69, 9.17) is 9.72 Å². The van der Waals surface area contributed by atoms with E-state index in [1.807, 2.05) is 26.0 Å². The Morgan fingerprint density at radius 1 is 0.894 bits per heavy atom. The van der Waals surface area contributed by atoms with Crippen LogP contribution in [-0.2, 0) is 10.0 Å². The molecule has 0 radical (unpaired) electrons. The molecule has 5 aromatic rings. The largest absolute Gasteiger partial charge is 0.493 e. The first kappa shape index (κ1) is 32.3. The third kappa shape index (κ3) is 6.23. The lowest BCUT2D eigenvalue weighted by molar-refractivity contribution is 0.0823. The summed E-state index contributed by atoms with van der Waals surface area (Å²) in [4.78, 5) is 24.1. The van der Waals surface area contributed by atoms with E-state index in [0.29, 0.717) is 40.1 Å². The molecule has 1 amide bonds. The lowest BCUT2D eigenvalue weighted by atomic mass is 9.99. The Labute approximate surface area is 277 Å². The predicted molar refractivity (Wildman–Crippen MR) is 188 cm³/mol. The summed E-state index contributed by atoms with van der Waals surface area (Å²) in [6, 6.07) is 20.6. The van der Waals surface area contributed by atoms with Crippen molar-refractivity contribution in [2.45, 2.75) is 25.7 Å². The van der Waals surface area contributed by atoms with Crippen LogP contribution in [-0.4, -0.2) is 87.0 Å². The summed E-state index contributed by atoms with van der Waals surface area (Å²) in [6.07, 6.45) is 3.36. The fourth-order valence-corrected chi connectivity index (χ4v) is 7.42. The number of anilines is 1. The number of carbonyl (C=O) groups is 1. The molecule has 0 spiro atoms. The molecule has 2 aromatic heterocycles. The van der Waals surface area contributed by atoms with E-state index in [2.05, 4.69) is 42.0 Å². The number of aryl methyl sites for hydroxylation is 2. The number of benzene rings is 3. The van der Waals surface area contributed by atoms with Gasteiger partial charge < -0.3 is 19.4 Å². The highest BCUT2D eigenvalue weighted by molar-refractivity contribution is 7.90. The van der Waals surface area contributed by atoms with Gasteiger partial charge in [-0.05, 0) is 87.0 Å². The first-order valence-corrected chi connectivity index (χ1v) is 17.3. The number of carbonyl (C=O) groups excluding carboxylic acids is 1. The molecule has 0 unspecified atom stereocenters. The maximum atomic E-state index is 14.0. The zero-order valence-corrected chi connectivity index (χ0v) is 28.6. The van der Waals surface area contributed by atoms with E-state index in [1.165, 1.54) is 20.1 Å². The van der Waals surface area contributed by atoms with Crippen LogP contribution in [0.3, 0.4) is 0 Å². The number of pyridine rings is 1. The second kappa shape index (κ2) is 12.8. The van der Waals surface area contributed by atoms with Gasteiger partial charge in [-0.15, -0.1) is 0 Å². The predicted octanol–water partition coefficient (Wildman–Crippen LogP) is 6.08. The Balaban J connectivity index is 1.50. The van der Waals surface area contributed by atoms with Crippen LogP contribution < -0.4 is 9.64 Å². The number of fused-ring (bicyclic) bond motifs is 1. The number of hydrogen-bond donors (Lipinski definition) is 0. The average Bonchev–Trinajstić information content (AvgIpc) is 3.45. The molecule has 0 N–H and O–H groups in total. The number of ether oxygens (including phenoxy) is 1. The number of nitrogens with zero attached hydrogens (tertiary/aromatic N) is 5. The highest BCUT2D eigenvalue weighted by Gasteiger charge is 2.25. The molecular formula is C37H41N5O4S. The molecule has 3 aromatic carbocycles. The van der Waals surface area contributed by atoms with E-state index < -0.39 is 10.0 Å². The maximum Gasteiger partial charge on any atom is 0.269 e. The molecule has 1 aliphatic heterocycles. The standard InChI is InChI=1S/C37H41N5O4S/c1-7-46-35-22-28(10-14-31(35)37(43)39(4)5)33-24-42(47(44,45)30-12-8-25(2)9-13-30)36-32(33)21-29(23-38-36)27-11-15-34(26(3)20-27)41-18-16-40(6)17-19-41/h8-15,20-24H,7,16-19H2,1-6H3. The minimum absolute atomic E-state index is 0.175. The SMILES string of the molecule is CCOc1cc(-c2cn(S(=O)(=O)c3ccc(C)cc3)c3ncc(-c4ccc(N5CCN(C)CC5)c(C)c4)cc23)ccc1C(=O)N(C)C. The molecule has 0 bridgehead atoms. The molecule has 244 valence electrons. The van der Waals surface area contributed by atoms with E-state index in [9.17, 15) is 13.2 Å². The minimum Gasteiger partial charge on any atom is -0.493 e. The number of aromatic nitrogens is 2. The number of piperazine rings is 1. The second-order valence-electron chi connectivity index (χ2n) is 12.4. The fourth-order valence-electron chi connectivity index (χ4n) is 6.09. The molecule has 0 atom stereocenters. The van der Waals surface area contributed by atoms with Gasteiger partial charge in [-0.3, -0.25) is 4.79 Å². The van der Waals surface area contributed by atoms with Crippen LogP contribution in [0.25, 0.3) is 33.3 Å². The molecule has 9 nitrogen and oxygen atoms in total. The van der Waals surface area contributed by atoms with E-state index >= 15 is 0 Å². The molecule has 1 saturated heterocycles. The summed E-state index contributed by atoms with van der Waals surface area (Å²) < 4.78 is 35.3. The van der Waals surface area contributed by atoms with Crippen molar-refractivity contribution in [3.8, 4) is 28.0 Å². The highest BCUT2D eigenvalue weighted by atomic mass is 32.2. The summed E-state index contributed by atoms with van der Waals surface area (Å²) in [6.45, 7) is 10.3. The van der Waals surface area contributed by atoms with Crippen LogP contribution >= 0.6 is 0 Å². The number of rotatable bonds is 8. The molecule has 47 heavy (non-hydrogen) atoms. The molecule has 1 fully saturated rings. The van der Waals surface area contributed by atoms with Gasteiger partial charge in [0.2, 0.25) is 0 Å². The molecule has 1 aliphatic rings. The van der Waals surface area contributed by atoms with Gasteiger partial charge in [-0.25, -0.2) is 17.4 Å². The first-order chi connectivity index (χ1) is 22.5. The quantitative estimate of drug-likeness (QED) is 0.201. The van der Waals surface area contributed by atoms with Gasteiger partial charge >= 0.3 is 0 Å². The van der Waals surface area contributed by atoms with E-state index in [1.54, 1.807) is 62.9 Å². The Hall–Kier alpha value is -4.67. The van der Waals surface area contributed by atoms with Crippen molar-refractivity contribution in [2.24, 2.45) is 0 Å². The number of hydrogen-bond acceptors (Lipinski definition) is 7. The van der Waals surface area contributed by atoms with Crippen LogP contribution in [0.5, 0.6) is 5.75 Å². The monoisotopic (exact) mass is 651 g/mol. The van der Waals surface area contributed by atoms with E-state index in [0.717, 1.165) is 42.9 Å². The molecule has 0 aliphatic carbocycles. The normalized spacial score (nSPS) is 14.0. The van der Waals surface area contributed by atoms with Gasteiger partial charge in [0.25, 0.3) is 15.9 Å². The van der Waals surface area contributed by atoms with Gasteiger partial charge in [0.15, 0.2) is 5.65 Å². The van der Waals surface area contributed by atoms with Crippen molar-refractivity contribution < 1.29 is 17.9 Å². The Morgan fingerprint density at radius 3 is 2.26 bits per heavy atom. The summed E-state index contributed by atoms with van der Waals surface area (Å²) in [7, 11) is 1.57. The number of amides is 1. The second-order valence-corrected chi connectivity index (χ2v) is 14.2. The van der Waals surface area contributed by atoms with Crippen molar-refractivity contribution in [2.75, 3.05) is 58.8 Å². The minimum atomic E-state index is -3.98. The van der Waals surface area contributed by atoms with Crippen molar-refractivity contribution in [3.05, 3.63) is 95.8 Å². The molecule has 3 heterocycles. The molecular weight excluding hydrogens is 611 g/mol. The smallest absolute Gasteiger partial charge is 0.269 e. The van der Waals surface area contributed by atoms with Gasteiger partial charge in [0, 0.05) is 74.9 Å². The molecule has 0 saturated carbocycles. The van der Waals surface area contributed by atoms with Gasteiger partial charge in [0.1, 0.15) is 5.75 Å². The molecule has 6 rings (SSSR count). The van der Waals surface area contributed by atoms with Crippen LogP contribution in [0.1, 0.15) is 28.4 Å². The lowest BCUT2D eigenvalue weighted by Gasteiger charge is -2.35. The Kier molecular flexibility index (Phi) is 8.82. The average molecular weight is 652 g/mol. The van der Waals surface area contributed by atoms with Crippen molar-refractivity contribution in [3.63, 3.8) is 0 Å². The third-order valence-corrected chi connectivity index (χ3v) is 10.5. The van der Waals surface area contributed by atoms with Crippen molar-refractivity contribution in [1.29, 1.82) is 0 Å². The van der Waals surface area contributed by atoms with Crippen molar-refractivity contribution >= 4 is 32.7 Å². The zero-order valence-electron chi connectivity index (χ0n) is 27.8. The first-order valence-electron chi connectivity index (χ1n) is 15.8. The van der Waals surface area contributed by atoms with E-state index in [-0.39, 0.29) is 10.8 Å². The zero-order chi connectivity index (χ0) is 33.5. The summed E-state index contributed by atoms with van der Waals surface area (Å²) in [5.74, 6) is 0.258. The van der Waals surface area contributed by atoms with Crippen LogP contribution in [0.4, 0.5) is 5.69 Å². The van der Waals surface area contributed by atoms with Gasteiger partial charge in [0.05, 0.1) is 17.1 Å². The van der Waals surface area contributed by atoms with Crippen LogP contribution in [0.15, 0.2) is 84.0 Å². The lowest BCUT2D eigenvalue weighted by Crippen LogP contribution is -2.44. The van der Waals surface area contributed by atoms with Gasteiger partial charge in [-0.2, -0.15) is 0 Å². The maximum absolute atomic E-state index is 14.0. The highest BCUT2D eigenvalue weighted by Crippen LogP contribution is 2.38. The Morgan fingerprint density at radius 2 is 1.60 bits per heavy atom. The topological polar surface area (TPSA) is 88.0 Å². The van der Waals surface area contributed by atoms with Crippen LogP contribution in [0, 0.1) is 13.8 Å². The fraction of sp³-hybridized carbons (Fsp3) is 0.297. The Bertz CT molecular complexity index is 2060. The van der Waals surface area contributed by atoms with Crippen molar-refractivity contribution in [1.82, 2.24) is 18.8 Å². The summed E-state index contributed by atoms with van der Waals surface area (Å²) >= 11 is 0. The summed E-state index contributed by atoms with van der Waals surface area (Å²) in [5.41, 5.74) is 7.38. The summed E-state index contributed by atoms with van der Waals surface area (Å²) in [5, 5.41) is 0.674. The molecule has 10 heteroatoms. The van der Waals surface area contributed by atoms with Crippen LogP contribution in [0.2, 0.25) is 0 Å². The third-order valence-electron chi connectivity index (χ3n) is 8.79.